The number of hydrogen-bond acceptors (Lipinski definition) is 4. The van der Waals surface area contributed by atoms with Crippen LogP contribution in [0, 0.1) is 18.3 Å². The van der Waals surface area contributed by atoms with E-state index < -0.39 is 5.97 Å². The number of nitrogens with zero attached hydrogens (tertiary/aromatic N) is 3. The number of aryl methyl sites for hydroxylation is 1. The van der Waals surface area contributed by atoms with Gasteiger partial charge in [-0.15, -0.1) is 0 Å². The van der Waals surface area contributed by atoms with E-state index in [9.17, 15) is 4.79 Å². The standard InChI is InChI=1S/C20H15Cl2N3O2/c1-13-18(20(26)27-12-15-6-4-5-14(9-15)10-23)19(22)25(24-13)11-16-7-2-3-8-17(16)21/h2-9H,11-12H2,1H3. The van der Waals surface area contributed by atoms with Gasteiger partial charge in [0, 0.05) is 5.02 Å². The van der Waals surface area contributed by atoms with Gasteiger partial charge in [0.2, 0.25) is 0 Å². The first-order valence-corrected chi connectivity index (χ1v) is 8.87. The Morgan fingerprint density at radius 1 is 1.22 bits per heavy atom. The third kappa shape index (κ3) is 4.30. The number of nitriles is 1. The van der Waals surface area contributed by atoms with E-state index in [1.807, 2.05) is 18.2 Å². The molecule has 27 heavy (non-hydrogen) atoms. The molecule has 3 aromatic rings. The Labute approximate surface area is 166 Å². The number of carbonyl (C=O) groups is 1. The normalized spacial score (nSPS) is 10.4. The van der Waals surface area contributed by atoms with E-state index in [1.54, 1.807) is 37.3 Å². The number of halogens is 2. The molecule has 5 nitrogen and oxygen atoms in total. The second kappa shape index (κ2) is 8.26. The predicted octanol–water partition coefficient (Wildman–Crippen LogP) is 4.78. The van der Waals surface area contributed by atoms with Crippen molar-refractivity contribution in [1.82, 2.24) is 9.78 Å². The molecule has 3 rings (SSSR count). The number of rotatable bonds is 5. The van der Waals surface area contributed by atoms with E-state index in [0.717, 1.165) is 11.1 Å². The number of esters is 1. The summed E-state index contributed by atoms with van der Waals surface area (Å²) in [6.45, 7) is 2.08. The summed E-state index contributed by atoms with van der Waals surface area (Å²) in [5, 5.41) is 14.1. The Kier molecular flexibility index (Phi) is 5.80. The van der Waals surface area contributed by atoms with Crippen LogP contribution in [0.15, 0.2) is 48.5 Å². The highest BCUT2D eigenvalue weighted by Crippen LogP contribution is 2.24. The molecule has 0 saturated heterocycles. The number of carbonyl (C=O) groups excluding carboxylic acids is 1. The van der Waals surface area contributed by atoms with Crippen LogP contribution in [0.1, 0.15) is 32.7 Å². The average Bonchev–Trinajstić information content (AvgIpc) is 2.95. The van der Waals surface area contributed by atoms with Crippen LogP contribution in [-0.4, -0.2) is 15.7 Å². The SMILES string of the molecule is Cc1nn(Cc2ccccc2Cl)c(Cl)c1C(=O)OCc1cccc(C#N)c1. The van der Waals surface area contributed by atoms with Gasteiger partial charge in [0.25, 0.3) is 0 Å². The van der Waals surface area contributed by atoms with Crippen LogP contribution in [0.2, 0.25) is 10.2 Å². The number of ether oxygens (including phenoxy) is 1. The van der Waals surface area contributed by atoms with Crippen LogP contribution in [0.3, 0.4) is 0 Å². The first kappa shape index (κ1) is 19.0. The van der Waals surface area contributed by atoms with Gasteiger partial charge < -0.3 is 4.74 Å². The van der Waals surface area contributed by atoms with Crippen molar-refractivity contribution in [2.75, 3.05) is 0 Å². The molecule has 0 bridgehead atoms. The molecule has 2 aromatic carbocycles. The summed E-state index contributed by atoms with van der Waals surface area (Å²) in [7, 11) is 0. The molecule has 7 heteroatoms. The maximum absolute atomic E-state index is 12.5. The zero-order valence-electron chi connectivity index (χ0n) is 14.4. The summed E-state index contributed by atoms with van der Waals surface area (Å²) in [6.07, 6.45) is 0. The minimum atomic E-state index is -0.565. The minimum Gasteiger partial charge on any atom is -0.457 e. The third-order valence-electron chi connectivity index (χ3n) is 3.97. The van der Waals surface area contributed by atoms with Crippen molar-refractivity contribution in [1.29, 1.82) is 5.26 Å². The van der Waals surface area contributed by atoms with Crippen molar-refractivity contribution >= 4 is 29.2 Å². The van der Waals surface area contributed by atoms with E-state index in [1.165, 1.54) is 4.68 Å². The zero-order chi connectivity index (χ0) is 19.4. The predicted molar refractivity (Wildman–Crippen MR) is 103 cm³/mol. The molecule has 0 aliphatic heterocycles. The van der Waals surface area contributed by atoms with Crippen LogP contribution >= 0.6 is 23.2 Å². The van der Waals surface area contributed by atoms with E-state index in [-0.39, 0.29) is 17.3 Å². The number of hydrogen-bond donors (Lipinski definition) is 0. The second-order valence-corrected chi connectivity index (χ2v) is 6.65. The lowest BCUT2D eigenvalue weighted by Gasteiger charge is -2.07. The first-order valence-electron chi connectivity index (χ1n) is 8.12. The molecule has 0 aliphatic carbocycles. The molecule has 136 valence electrons. The fraction of sp³-hybridized carbons (Fsp3) is 0.150. The summed E-state index contributed by atoms with van der Waals surface area (Å²) >= 11 is 12.5. The molecule has 0 amide bonds. The van der Waals surface area contributed by atoms with Crippen LogP contribution in [0.5, 0.6) is 0 Å². The highest BCUT2D eigenvalue weighted by molar-refractivity contribution is 6.33. The van der Waals surface area contributed by atoms with Gasteiger partial charge in [-0.25, -0.2) is 9.48 Å². The van der Waals surface area contributed by atoms with Crippen molar-refractivity contribution in [2.24, 2.45) is 0 Å². The average molecular weight is 400 g/mol. The molecular formula is C20H15Cl2N3O2. The first-order chi connectivity index (χ1) is 13.0. The van der Waals surface area contributed by atoms with Gasteiger partial charge >= 0.3 is 5.97 Å². The fourth-order valence-corrected chi connectivity index (χ4v) is 3.14. The van der Waals surface area contributed by atoms with Crippen LogP contribution in [0.25, 0.3) is 0 Å². The molecule has 0 spiro atoms. The second-order valence-electron chi connectivity index (χ2n) is 5.89. The summed E-state index contributed by atoms with van der Waals surface area (Å²) in [5.41, 5.74) is 2.77. The maximum Gasteiger partial charge on any atom is 0.343 e. The van der Waals surface area contributed by atoms with E-state index in [0.29, 0.717) is 22.8 Å². The molecule has 0 N–H and O–H groups in total. The van der Waals surface area contributed by atoms with Crippen molar-refractivity contribution in [3.8, 4) is 6.07 Å². The van der Waals surface area contributed by atoms with Gasteiger partial charge in [-0.1, -0.05) is 53.5 Å². The molecule has 1 aromatic heterocycles. The summed E-state index contributed by atoms with van der Waals surface area (Å²) in [6, 6.07) is 16.3. The fourth-order valence-electron chi connectivity index (χ4n) is 2.63. The quantitative estimate of drug-likeness (QED) is 0.579. The van der Waals surface area contributed by atoms with Crippen LogP contribution in [0.4, 0.5) is 0 Å². The van der Waals surface area contributed by atoms with Crippen molar-refractivity contribution in [3.05, 3.63) is 86.7 Å². The van der Waals surface area contributed by atoms with Crippen molar-refractivity contribution in [2.45, 2.75) is 20.1 Å². The Morgan fingerprint density at radius 2 is 2.00 bits per heavy atom. The number of benzene rings is 2. The van der Waals surface area contributed by atoms with E-state index in [4.69, 9.17) is 33.2 Å². The molecular weight excluding hydrogens is 385 g/mol. The topological polar surface area (TPSA) is 67.9 Å². The Bertz CT molecular complexity index is 1040. The molecule has 0 unspecified atom stereocenters. The lowest BCUT2D eigenvalue weighted by molar-refractivity contribution is 0.0472. The zero-order valence-corrected chi connectivity index (χ0v) is 16.0. The lowest BCUT2D eigenvalue weighted by Crippen LogP contribution is -2.07. The monoisotopic (exact) mass is 399 g/mol. The molecule has 0 fully saturated rings. The van der Waals surface area contributed by atoms with Gasteiger partial charge in [-0.2, -0.15) is 10.4 Å². The molecule has 0 radical (unpaired) electrons. The Morgan fingerprint density at radius 3 is 2.74 bits per heavy atom. The minimum absolute atomic E-state index is 0.0415. The Balaban J connectivity index is 1.76. The summed E-state index contributed by atoms with van der Waals surface area (Å²) < 4.78 is 6.87. The summed E-state index contributed by atoms with van der Waals surface area (Å²) in [5.74, 6) is -0.565. The van der Waals surface area contributed by atoms with Crippen LogP contribution < -0.4 is 0 Å². The highest BCUT2D eigenvalue weighted by atomic mass is 35.5. The maximum atomic E-state index is 12.5. The van der Waals surface area contributed by atoms with Gasteiger partial charge in [-0.3, -0.25) is 0 Å². The number of aromatic nitrogens is 2. The van der Waals surface area contributed by atoms with Crippen molar-refractivity contribution < 1.29 is 9.53 Å². The smallest absolute Gasteiger partial charge is 0.343 e. The van der Waals surface area contributed by atoms with E-state index >= 15 is 0 Å². The van der Waals surface area contributed by atoms with Crippen LogP contribution in [-0.2, 0) is 17.9 Å². The van der Waals surface area contributed by atoms with Gasteiger partial charge in [0.15, 0.2) is 0 Å². The summed E-state index contributed by atoms with van der Waals surface area (Å²) in [4.78, 5) is 12.5. The van der Waals surface area contributed by atoms with Gasteiger partial charge in [-0.05, 0) is 36.2 Å². The molecule has 0 aliphatic rings. The molecule has 0 saturated carbocycles. The van der Waals surface area contributed by atoms with E-state index in [2.05, 4.69) is 11.2 Å². The molecule has 1 heterocycles. The highest BCUT2D eigenvalue weighted by Gasteiger charge is 2.22. The largest absolute Gasteiger partial charge is 0.457 e. The van der Waals surface area contributed by atoms with Crippen molar-refractivity contribution in [3.63, 3.8) is 0 Å². The molecule has 0 atom stereocenters. The Hall–Kier alpha value is -2.81. The third-order valence-corrected chi connectivity index (χ3v) is 4.73. The lowest BCUT2D eigenvalue weighted by atomic mass is 10.1. The van der Waals surface area contributed by atoms with Gasteiger partial charge in [0.05, 0.1) is 23.9 Å². The van der Waals surface area contributed by atoms with Gasteiger partial charge in [0.1, 0.15) is 17.3 Å².